The van der Waals surface area contributed by atoms with Crippen LogP contribution in [0.3, 0.4) is 0 Å². The van der Waals surface area contributed by atoms with Gasteiger partial charge in [0.05, 0.1) is 7.05 Å². The molecule has 0 bridgehead atoms. The Morgan fingerprint density at radius 1 is 1.05 bits per heavy atom. The number of aromatic nitrogens is 1. The summed E-state index contributed by atoms with van der Waals surface area (Å²) in [6.45, 7) is 5.51. The number of piperidine rings is 1. The third-order valence-electron chi connectivity index (χ3n) is 4.68. The molecule has 0 amide bonds. The molecule has 2 aliphatic rings. The van der Waals surface area contributed by atoms with Gasteiger partial charge in [-0.15, -0.1) is 0 Å². The molecule has 2 saturated heterocycles. The average molecular weight is 326 g/mol. The molecule has 2 aliphatic heterocycles. The number of aromatic amines is 1. The molecule has 3 heterocycles. The lowest BCUT2D eigenvalue weighted by molar-refractivity contribution is -0.880. The van der Waals surface area contributed by atoms with Crippen LogP contribution in [-0.4, -0.2) is 59.0 Å². The standard InChI is InChI=1S/C15H24N4O2S/c1-17-9-11-18(12-10-17)15-6-5-14(13-16-15)22(20,21)19-7-3-2-4-8-19/h5-6,13H,2-4,7-12H2,1H3/p+2. The van der Waals surface area contributed by atoms with Crippen LogP contribution in [-0.2, 0) is 10.0 Å². The van der Waals surface area contributed by atoms with Gasteiger partial charge in [0, 0.05) is 19.2 Å². The van der Waals surface area contributed by atoms with Crippen LogP contribution in [0.25, 0.3) is 0 Å². The summed E-state index contributed by atoms with van der Waals surface area (Å²) >= 11 is 0. The van der Waals surface area contributed by atoms with E-state index in [1.54, 1.807) is 21.5 Å². The fraction of sp³-hybridized carbons (Fsp3) is 0.667. The Kier molecular flexibility index (Phi) is 4.65. The summed E-state index contributed by atoms with van der Waals surface area (Å²) < 4.78 is 26.8. The molecule has 0 spiro atoms. The molecule has 22 heavy (non-hydrogen) atoms. The first-order valence-corrected chi connectivity index (χ1v) is 9.59. The molecule has 3 rings (SSSR count). The number of nitrogens with zero attached hydrogens (tertiary/aromatic N) is 2. The van der Waals surface area contributed by atoms with Gasteiger partial charge in [0.25, 0.3) is 5.82 Å². The molecule has 0 aliphatic carbocycles. The van der Waals surface area contributed by atoms with Crippen molar-refractivity contribution >= 4 is 15.8 Å². The van der Waals surface area contributed by atoms with Gasteiger partial charge in [-0.3, -0.25) is 4.90 Å². The zero-order valence-corrected chi connectivity index (χ0v) is 14.0. The molecule has 1 aromatic heterocycles. The molecule has 0 radical (unpaired) electrons. The summed E-state index contributed by atoms with van der Waals surface area (Å²) in [5.41, 5.74) is 0. The number of anilines is 1. The number of nitrogens with one attached hydrogen (secondary N) is 2. The second-order valence-electron chi connectivity index (χ2n) is 6.32. The Bertz CT molecular complexity index is 588. The highest BCUT2D eigenvalue weighted by molar-refractivity contribution is 7.89. The van der Waals surface area contributed by atoms with E-state index in [2.05, 4.69) is 16.9 Å². The molecule has 0 aromatic carbocycles. The largest absolute Gasteiger partial charge is 0.331 e. The van der Waals surface area contributed by atoms with E-state index in [1.807, 2.05) is 6.07 Å². The Hall–Kier alpha value is -1.18. The maximum atomic E-state index is 12.6. The number of H-pyrrole nitrogens is 1. The van der Waals surface area contributed by atoms with E-state index in [0.717, 1.165) is 51.3 Å². The fourth-order valence-electron chi connectivity index (χ4n) is 3.14. The van der Waals surface area contributed by atoms with Crippen LogP contribution in [0.2, 0.25) is 0 Å². The van der Waals surface area contributed by atoms with Crippen LogP contribution in [0.4, 0.5) is 5.82 Å². The van der Waals surface area contributed by atoms with E-state index < -0.39 is 10.0 Å². The monoisotopic (exact) mass is 326 g/mol. The first-order chi connectivity index (χ1) is 10.6. The van der Waals surface area contributed by atoms with Gasteiger partial charge in [-0.25, -0.2) is 13.4 Å². The third-order valence-corrected chi connectivity index (χ3v) is 6.57. The zero-order chi connectivity index (χ0) is 15.6. The van der Waals surface area contributed by atoms with Crippen LogP contribution in [0, 0.1) is 0 Å². The lowest BCUT2D eigenvalue weighted by Gasteiger charge is -2.26. The number of rotatable bonds is 3. The van der Waals surface area contributed by atoms with Crippen molar-refractivity contribution in [2.75, 3.05) is 51.2 Å². The molecule has 0 atom stereocenters. The number of hydrogen-bond acceptors (Lipinski definition) is 3. The van der Waals surface area contributed by atoms with Crippen molar-refractivity contribution in [1.29, 1.82) is 0 Å². The minimum absolute atomic E-state index is 0.373. The molecule has 0 unspecified atom stereocenters. The topological polar surface area (TPSA) is 59.2 Å². The smallest absolute Gasteiger partial charge is 0.274 e. The van der Waals surface area contributed by atoms with Crippen molar-refractivity contribution in [3.63, 3.8) is 0 Å². The second-order valence-corrected chi connectivity index (χ2v) is 8.26. The average Bonchev–Trinajstić information content (AvgIpc) is 2.56. The first-order valence-electron chi connectivity index (χ1n) is 8.15. The Morgan fingerprint density at radius 3 is 2.32 bits per heavy atom. The Morgan fingerprint density at radius 2 is 1.73 bits per heavy atom. The van der Waals surface area contributed by atoms with E-state index in [9.17, 15) is 8.42 Å². The minimum Gasteiger partial charge on any atom is -0.331 e. The molecule has 122 valence electrons. The molecule has 0 saturated carbocycles. The van der Waals surface area contributed by atoms with Gasteiger partial charge in [0.1, 0.15) is 37.3 Å². The van der Waals surface area contributed by atoms with Crippen molar-refractivity contribution in [3.05, 3.63) is 18.3 Å². The minimum atomic E-state index is -3.34. The summed E-state index contributed by atoms with van der Waals surface area (Å²) in [4.78, 5) is 7.37. The van der Waals surface area contributed by atoms with Gasteiger partial charge in [-0.05, 0) is 18.9 Å². The summed E-state index contributed by atoms with van der Waals surface area (Å²) in [6.07, 6.45) is 4.70. The van der Waals surface area contributed by atoms with Crippen LogP contribution >= 0.6 is 0 Å². The molecule has 2 fully saturated rings. The predicted molar refractivity (Wildman–Crippen MR) is 84.4 cm³/mol. The molecule has 7 heteroatoms. The lowest BCUT2D eigenvalue weighted by atomic mass is 10.2. The van der Waals surface area contributed by atoms with Gasteiger partial charge < -0.3 is 4.90 Å². The third kappa shape index (κ3) is 3.26. The Balaban J connectivity index is 1.73. The molecule has 6 nitrogen and oxygen atoms in total. The summed E-state index contributed by atoms with van der Waals surface area (Å²) in [7, 11) is -1.14. The van der Waals surface area contributed by atoms with Crippen molar-refractivity contribution in [2.45, 2.75) is 24.2 Å². The number of pyridine rings is 1. The summed E-state index contributed by atoms with van der Waals surface area (Å²) in [5, 5.41) is 0. The van der Waals surface area contributed by atoms with Crippen LogP contribution < -0.4 is 14.8 Å². The zero-order valence-electron chi connectivity index (χ0n) is 13.2. The number of piperazine rings is 1. The molecule has 1 aromatic rings. The van der Waals surface area contributed by atoms with Crippen molar-refractivity contribution in [1.82, 2.24) is 4.31 Å². The van der Waals surface area contributed by atoms with E-state index in [0.29, 0.717) is 18.0 Å². The normalized spacial score (nSPS) is 22.0. The summed E-state index contributed by atoms with van der Waals surface area (Å²) in [6, 6.07) is 3.64. The SMILES string of the molecule is C[NH+]1CCN(c2ccc(S(=O)(=O)N3CCCCC3)c[nH+]2)CC1. The van der Waals surface area contributed by atoms with Crippen molar-refractivity contribution in [3.8, 4) is 0 Å². The highest BCUT2D eigenvalue weighted by Crippen LogP contribution is 2.20. The molecule has 2 N–H and O–H groups in total. The van der Waals surface area contributed by atoms with Gasteiger partial charge in [0.2, 0.25) is 10.0 Å². The lowest BCUT2D eigenvalue weighted by Crippen LogP contribution is -3.12. The van der Waals surface area contributed by atoms with Crippen LogP contribution in [0.5, 0.6) is 0 Å². The quantitative estimate of drug-likeness (QED) is 0.776. The maximum absolute atomic E-state index is 12.6. The van der Waals surface area contributed by atoms with Crippen LogP contribution in [0.15, 0.2) is 23.2 Å². The van der Waals surface area contributed by atoms with E-state index in [4.69, 9.17) is 0 Å². The van der Waals surface area contributed by atoms with Crippen molar-refractivity contribution in [2.24, 2.45) is 0 Å². The van der Waals surface area contributed by atoms with Crippen molar-refractivity contribution < 1.29 is 18.3 Å². The number of likely N-dealkylation sites (N-methyl/N-ethyl adjacent to an activating group) is 1. The molecular weight excluding hydrogens is 300 g/mol. The summed E-state index contributed by atoms with van der Waals surface area (Å²) in [5.74, 6) is 1.00. The van der Waals surface area contributed by atoms with E-state index in [-0.39, 0.29) is 0 Å². The number of sulfonamides is 1. The van der Waals surface area contributed by atoms with Gasteiger partial charge >= 0.3 is 0 Å². The van der Waals surface area contributed by atoms with Gasteiger partial charge in [0.15, 0.2) is 0 Å². The van der Waals surface area contributed by atoms with E-state index in [1.165, 1.54) is 0 Å². The fourth-order valence-corrected chi connectivity index (χ4v) is 4.63. The predicted octanol–water partition coefficient (Wildman–Crippen LogP) is -0.990. The number of hydrogen-bond donors (Lipinski definition) is 1. The Labute approximate surface area is 132 Å². The molecular formula is C15H26N4O2S+2. The first kappa shape index (κ1) is 15.7. The number of quaternary nitrogens is 1. The highest BCUT2D eigenvalue weighted by atomic mass is 32.2. The van der Waals surface area contributed by atoms with E-state index >= 15 is 0 Å². The maximum Gasteiger partial charge on any atom is 0.274 e. The van der Waals surface area contributed by atoms with Gasteiger partial charge in [-0.1, -0.05) is 6.42 Å². The van der Waals surface area contributed by atoms with Gasteiger partial charge in [-0.2, -0.15) is 4.31 Å². The van der Waals surface area contributed by atoms with Crippen LogP contribution in [0.1, 0.15) is 19.3 Å². The second kappa shape index (κ2) is 6.52. The highest BCUT2D eigenvalue weighted by Gasteiger charge is 2.28.